The Labute approximate surface area is 105 Å². The van der Waals surface area contributed by atoms with Crippen molar-refractivity contribution in [2.45, 2.75) is 20.8 Å². The Morgan fingerprint density at radius 1 is 1.29 bits per heavy atom. The lowest BCUT2D eigenvalue weighted by Crippen LogP contribution is -2.24. The summed E-state index contributed by atoms with van der Waals surface area (Å²) in [5.74, 6) is 0. The van der Waals surface area contributed by atoms with E-state index in [4.69, 9.17) is 11.5 Å². The molecule has 0 saturated heterocycles. The highest BCUT2D eigenvalue weighted by molar-refractivity contribution is 5.22. The van der Waals surface area contributed by atoms with Crippen LogP contribution < -0.4 is 11.5 Å². The van der Waals surface area contributed by atoms with Crippen molar-refractivity contribution < 1.29 is 0 Å². The molecule has 0 amide bonds. The molecule has 0 aliphatic heterocycles. The van der Waals surface area contributed by atoms with Crippen LogP contribution in [0.15, 0.2) is 47.9 Å². The van der Waals surface area contributed by atoms with Crippen LogP contribution in [0.25, 0.3) is 0 Å². The number of nitrogens with zero attached hydrogens (tertiary/aromatic N) is 1. The first-order chi connectivity index (χ1) is 7.95. The summed E-state index contributed by atoms with van der Waals surface area (Å²) < 4.78 is 0. The minimum absolute atomic E-state index is 0.671. The Morgan fingerprint density at radius 2 is 1.94 bits per heavy atom. The first-order valence-electron chi connectivity index (χ1n) is 5.88. The molecule has 0 aliphatic rings. The van der Waals surface area contributed by atoms with E-state index in [1.807, 2.05) is 26.0 Å². The molecule has 4 N–H and O–H groups in total. The lowest BCUT2D eigenvalue weighted by atomic mass is 10.3. The molecule has 0 heterocycles. The largest absolute Gasteiger partial charge is 0.402 e. The molecule has 17 heavy (non-hydrogen) atoms. The molecule has 0 bridgehead atoms. The third kappa shape index (κ3) is 9.45. The summed E-state index contributed by atoms with van der Waals surface area (Å²) in [6.45, 7) is 12.8. The Bertz CT molecular complexity index is 320. The van der Waals surface area contributed by atoms with Gasteiger partial charge in [-0.2, -0.15) is 0 Å². The fraction of sp³-hybridized carbons (Fsp3) is 0.429. The zero-order valence-electron chi connectivity index (χ0n) is 11.2. The van der Waals surface area contributed by atoms with Crippen LogP contribution in [0.1, 0.15) is 20.8 Å². The van der Waals surface area contributed by atoms with Gasteiger partial charge in [-0.05, 0) is 32.5 Å². The third-order valence-corrected chi connectivity index (χ3v) is 2.12. The molecule has 96 valence electrons. The van der Waals surface area contributed by atoms with E-state index >= 15 is 0 Å². The minimum atomic E-state index is 0.671. The van der Waals surface area contributed by atoms with Crippen LogP contribution >= 0.6 is 0 Å². The summed E-state index contributed by atoms with van der Waals surface area (Å²) in [5.41, 5.74) is 13.8. The zero-order valence-corrected chi connectivity index (χ0v) is 11.2. The van der Waals surface area contributed by atoms with Crippen molar-refractivity contribution in [3.8, 4) is 0 Å². The topological polar surface area (TPSA) is 55.3 Å². The Hall–Kier alpha value is -1.48. The number of allylic oxidation sites excluding steroid dienone is 4. The Kier molecular flexibility index (Phi) is 7.89. The van der Waals surface area contributed by atoms with Crippen molar-refractivity contribution in [2.24, 2.45) is 11.5 Å². The maximum atomic E-state index is 5.73. The minimum Gasteiger partial charge on any atom is -0.402 e. The molecule has 0 atom stereocenters. The average molecular weight is 235 g/mol. The van der Waals surface area contributed by atoms with Gasteiger partial charge in [0, 0.05) is 24.5 Å². The van der Waals surface area contributed by atoms with E-state index in [1.54, 1.807) is 6.08 Å². The maximum Gasteiger partial charge on any atom is 0.0331 e. The van der Waals surface area contributed by atoms with Gasteiger partial charge in [0.15, 0.2) is 0 Å². The fourth-order valence-electron chi connectivity index (χ4n) is 1.39. The number of hydrogen-bond acceptors (Lipinski definition) is 3. The van der Waals surface area contributed by atoms with Crippen LogP contribution in [-0.2, 0) is 0 Å². The summed E-state index contributed by atoms with van der Waals surface area (Å²) in [5, 5.41) is 0. The van der Waals surface area contributed by atoms with Gasteiger partial charge < -0.3 is 11.5 Å². The van der Waals surface area contributed by atoms with E-state index in [-0.39, 0.29) is 0 Å². The summed E-state index contributed by atoms with van der Waals surface area (Å²) in [7, 11) is 0. The van der Waals surface area contributed by atoms with Gasteiger partial charge in [0.25, 0.3) is 0 Å². The van der Waals surface area contributed by atoms with Crippen LogP contribution in [0, 0.1) is 0 Å². The molecule has 3 nitrogen and oxygen atoms in total. The lowest BCUT2D eigenvalue weighted by molar-refractivity contribution is 0.347. The Morgan fingerprint density at radius 3 is 2.41 bits per heavy atom. The smallest absolute Gasteiger partial charge is 0.0331 e. The predicted octanol–water partition coefficient (Wildman–Crippen LogP) is 2.15. The van der Waals surface area contributed by atoms with Crippen LogP contribution in [0.4, 0.5) is 0 Å². The van der Waals surface area contributed by atoms with Crippen molar-refractivity contribution in [3.05, 3.63) is 47.9 Å². The first-order valence-corrected chi connectivity index (χ1v) is 5.88. The molecule has 3 heteroatoms. The van der Waals surface area contributed by atoms with Gasteiger partial charge in [0.1, 0.15) is 0 Å². The number of nitrogens with two attached hydrogens (primary N) is 2. The summed E-state index contributed by atoms with van der Waals surface area (Å²) >= 11 is 0. The summed E-state index contributed by atoms with van der Waals surface area (Å²) in [6.07, 6.45) is 7.63. The molecule has 0 radical (unpaired) electrons. The van der Waals surface area contributed by atoms with Gasteiger partial charge in [-0.25, -0.2) is 0 Å². The second kappa shape index (κ2) is 8.65. The highest BCUT2D eigenvalue weighted by atomic mass is 15.1. The molecule has 0 aromatic rings. The summed E-state index contributed by atoms with van der Waals surface area (Å²) in [6, 6.07) is 0. The van der Waals surface area contributed by atoms with Gasteiger partial charge in [-0.15, -0.1) is 0 Å². The van der Waals surface area contributed by atoms with E-state index in [2.05, 4.69) is 24.5 Å². The van der Waals surface area contributed by atoms with Gasteiger partial charge in [-0.3, -0.25) is 4.90 Å². The SMILES string of the molecule is C=C(C)CN(CC)C\C=C/C=C(N)\C=C(/C)N. The molecule has 0 aromatic carbocycles. The van der Waals surface area contributed by atoms with Crippen molar-refractivity contribution >= 4 is 0 Å². The van der Waals surface area contributed by atoms with E-state index in [0.717, 1.165) is 19.6 Å². The third-order valence-electron chi connectivity index (χ3n) is 2.12. The standard InChI is InChI=1S/C14H25N3/c1-5-17(11-12(2)3)9-7-6-8-14(16)10-13(4)15/h6-8,10H,2,5,9,11,15-16H2,1,3-4H3/b7-6-,13-10+,14-8+. The van der Waals surface area contributed by atoms with Crippen LogP contribution in [-0.4, -0.2) is 24.5 Å². The highest BCUT2D eigenvalue weighted by Gasteiger charge is 1.98. The number of hydrogen-bond donors (Lipinski definition) is 2. The maximum absolute atomic E-state index is 5.73. The molecule has 0 unspecified atom stereocenters. The molecule has 0 aliphatic carbocycles. The van der Waals surface area contributed by atoms with E-state index in [1.165, 1.54) is 5.57 Å². The molecule has 0 fully saturated rings. The van der Waals surface area contributed by atoms with E-state index < -0.39 is 0 Å². The van der Waals surface area contributed by atoms with Gasteiger partial charge in [0.2, 0.25) is 0 Å². The Balaban J connectivity index is 4.17. The predicted molar refractivity (Wildman–Crippen MR) is 76.3 cm³/mol. The van der Waals surface area contributed by atoms with Crippen molar-refractivity contribution in [1.82, 2.24) is 4.90 Å². The average Bonchev–Trinajstić information content (AvgIpc) is 2.20. The normalized spacial score (nSPS) is 13.6. The molecule has 0 saturated carbocycles. The number of rotatable bonds is 7. The monoisotopic (exact) mass is 235 g/mol. The quantitative estimate of drug-likeness (QED) is 0.525. The van der Waals surface area contributed by atoms with Crippen molar-refractivity contribution in [2.75, 3.05) is 19.6 Å². The zero-order chi connectivity index (χ0) is 13.3. The second-order valence-corrected chi connectivity index (χ2v) is 4.27. The molecule has 0 rings (SSSR count). The highest BCUT2D eigenvalue weighted by Crippen LogP contribution is 1.96. The molecule has 0 spiro atoms. The van der Waals surface area contributed by atoms with E-state index in [0.29, 0.717) is 11.4 Å². The van der Waals surface area contributed by atoms with Gasteiger partial charge in [0.05, 0.1) is 0 Å². The van der Waals surface area contributed by atoms with Gasteiger partial charge >= 0.3 is 0 Å². The van der Waals surface area contributed by atoms with Gasteiger partial charge in [-0.1, -0.05) is 31.2 Å². The number of likely N-dealkylation sites (N-methyl/N-ethyl adjacent to an activating group) is 1. The first kappa shape index (κ1) is 15.5. The van der Waals surface area contributed by atoms with E-state index in [9.17, 15) is 0 Å². The second-order valence-electron chi connectivity index (χ2n) is 4.27. The fourth-order valence-corrected chi connectivity index (χ4v) is 1.39. The molecular weight excluding hydrogens is 210 g/mol. The van der Waals surface area contributed by atoms with Crippen LogP contribution in [0.3, 0.4) is 0 Å². The molecular formula is C14H25N3. The lowest BCUT2D eigenvalue weighted by Gasteiger charge is -2.17. The molecule has 0 aromatic heterocycles. The van der Waals surface area contributed by atoms with Crippen LogP contribution in [0.5, 0.6) is 0 Å². The van der Waals surface area contributed by atoms with Crippen molar-refractivity contribution in [1.29, 1.82) is 0 Å². The van der Waals surface area contributed by atoms with Crippen molar-refractivity contribution in [3.63, 3.8) is 0 Å². The summed E-state index contributed by atoms with van der Waals surface area (Å²) in [4.78, 5) is 2.30. The van der Waals surface area contributed by atoms with Crippen LogP contribution in [0.2, 0.25) is 0 Å².